The van der Waals surface area contributed by atoms with Gasteiger partial charge in [0.05, 0.1) is 11.5 Å². The van der Waals surface area contributed by atoms with E-state index in [0.29, 0.717) is 5.69 Å². The predicted octanol–water partition coefficient (Wildman–Crippen LogP) is 0.549. The second-order valence-electron chi connectivity index (χ2n) is 2.67. The maximum Gasteiger partial charge on any atom is 0.199 e. The highest BCUT2D eigenvalue weighted by Crippen LogP contribution is 2.13. The molecule has 1 aromatic carbocycles. The Morgan fingerprint density at radius 1 is 1.29 bits per heavy atom. The average molecular weight is 213 g/mol. The van der Waals surface area contributed by atoms with Gasteiger partial charge in [0.15, 0.2) is 9.84 Å². The summed E-state index contributed by atoms with van der Waals surface area (Å²) in [6.45, 7) is -0.297. The molecule has 0 radical (unpaired) electrons. The van der Waals surface area contributed by atoms with Crippen LogP contribution in [-0.2, 0) is 9.84 Å². The number of sulfone groups is 1. The van der Waals surface area contributed by atoms with E-state index < -0.39 is 9.84 Å². The Morgan fingerprint density at radius 3 is 2.36 bits per heavy atom. The molecule has 3 N–H and O–H groups in total. The molecule has 0 fully saturated rings. The molecule has 0 aliphatic rings. The van der Waals surface area contributed by atoms with Gasteiger partial charge in [-0.3, -0.25) is 0 Å². The summed E-state index contributed by atoms with van der Waals surface area (Å²) >= 11 is 0. The smallest absolute Gasteiger partial charge is 0.199 e. The molecule has 14 heavy (non-hydrogen) atoms. The number of hydrogen-bond acceptors (Lipinski definition) is 4. The molecular formula is C9H11NO3S. The molecule has 1 aromatic rings. The molecule has 0 amide bonds. The summed E-state index contributed by atoms with van der Waals surface area (Å²) in [7, 11) is -3.44. The van der Waals surface area contributed by atoms with Crippen LogP contribution >= 0.6 is 0 Å². The zero-order chi connectivity index (χ0) is 10.6. The number of anilines is 1. The number of benzene rings is 1. The third-order valence-corrected chi connectivity index (χ3v) is 3.07. The molecule has 0 bridgehead atoms. The number of nitrogens with two attached hydrogens (primary N) is 1. The minimum absolute atomic E-state index is 0.163. The van der Waals surface area contributed by atoms with Crippen molar-refractivity contribution in [1.82, 2.24) is 0 Å². The summed E-state index contributed by atoms with van der Waals surface area (Å²) in [4.78, 5) is 0.163. The van der Waals surface area contributed by atoms with Crippen molar-refractivity contribution in [2.24, 2.45) is 0 Å². The van der Waals surface area contributed by atoms with Gasteiger partial charge in [0.1, 0.15) is 0 Å². The zero-order valence-electron chi connectivity index (χ0n) is 7.42. The zero-order valence-corrected chi connectivity index (χ0v) is 8.24. The summed E-state index contributed by atoms with van der Waals surface area (Å²) in [5.74, 6) is 0. The van der Waals surface area contributed by atoms with Gasteiger partial charge in [-0.15, -0.1) is 0 Å². The summed E-state index contributed by atoms with van der Waals surface area (Å²) in [6, 6.07) is 5.87. The fourth-order valence-electron chi connectivity index (χ4n) is 0.906. The SMILES string of the molecule is Nc1ccc(S(=O)(=O)C=CCO)cc1. The monoisotopic (exact) mass is 213 g/mol. The molecule has 0 atom stereocenters. The Kier molecular flexibility index (Phi) is 3.27. The van der Waals surface area contributed by atoms with E-state index in [1.165, 1.54) is 30.3 Å². The number of aliphatic hydroxyl groups is 1. The highest BCUT2D eigenvalue weighted by Gasteiger charge is 2.08. The summed E-state index contributed by atoms with van der Waals surface area (Å²) in [6.07, 6.45) is 1.17. The van der Waals surface area contributed by atoms with Crippen molar-refractivity contribution in [2.75, 3.05) is 12.3 Å². The van der Waals surface area contributed by atoms with Gasteiger partial charge in [-0.2, -0.15) is 0 Å². The van der Waals surface area contributed by atoms with Crippen LogP contribution < -0.4 is 5.73 Å². The van der Waals surface area contributed by atoms with Crippen LogP contribution in [0.1, 0.15) is 0 Å². The lowest BCUT2D eigenvalue weighted by Crippen LogP contribution is -1.97. The molecule has 0 aliphatic heterocycles. The second-order valence-corrected chi connectivity index (χ2v) is 4.50. The van der Waals surface area contributed by atoms with E-state index in [4.69, 9.17) is 10.8 Å². The highest BCUT2D eigenvalue weighted by atomic mass is 32.2. The van der Waals surface area contributed by atoms with Gasteiger partial charge < -0.3 is 10.8 Å². The molecule has 0 spiro atoms. The van der Waals surface area contributed by atoms with E-state index in [9.17, 15) is 8.42 Å². The van der Waals surface area contributed by atoms with Gasteiger partial charge >= 0.3 is 0 Å². The molecule has 1 rings (SSSR count). The first-order valence-corrected chi connectivity index (χ1v) is 5.49. The first-order chi connectivity index (χ1) is 6.56. The molecule has 4 nitrogen and oxygen atoms in total. The van der Waals surface area contributed by atoms with Crippen molar-refractivity contribution >= 4 is 15.5 Å². The fourth-order valence-corrected chi connectivity index (χ4v) is 1.92. The van der Waals surface area contributed by atoms with Crippen molar-refractivity contribution in [3.8, 4) is 0 Å². The second kappa shape index (κ2) is 4.26. The number of aliphatic hydroxyl groups excluding tert-OH is 1. The Balaban J connectivity index is 3.05. The van der Waals surface area contributed by atoms with Crippen molar-refractivity contribution in [2.45, 2.75) is 4.90 Å². The molecule has 0 saturated carbocycles. The summed E-state index contributed by atoms with van der Waals surface area (Å²) in [5.41, 5.74) is 5.93. The van der Waals surface area contributed by atoms with Crippen LogP contribution in [0.25, 0.3) is 0 Å². The van der Waals surface area contributed by atoms with E-state index in [0.717, 1.165) is 5.41 Å². The first-order valence-electron chi connectivity index (χ1n) is 3.94. The normalized spacial score (nSPS) is 12.1. The minimum atomic E-state index is -3.44. The van der Waals surface area contributed by atoms with E-state index in [1.54, 1.807) is 0 Å². The van der Waals surface area contributed by atoms with Crippen molar-refractivity contribution < 1.29 is 13.5 Å². The van der Waals surface area contributed by atoms with Gasteiger partial charge in [-0.1, -0.05) is 0 Å². The Hall–Kier alpha value is -1.33. The number of rotatable bonds is 3. The molecule has 0 aliphatic carbocycles. The molecule has 76 valence electrons. The largest absolute Gasteiger partial charge is 0.399 e. The molecule has 5 heteroatoms. The van der Waals surface area contributed by atoms with E-state index in [2.05, 4.69) is 0 Å². The fraction of sp³-hybridized carbons (Fsp3) is 0.111. The quantitative estimate of drug-likeness (QED) is 0.718. The number of nitrogen functional groups attached to an aromatic ring is 1. The van der Waals surface area contributed by atoms with Gasteiger partial charge in [-0.25, -0.2) is 8.42 Å². The van der Waals surface area contributed by atoms with E-state index >= 15 is 0 Å². The van der Waals surface area contributed by atoms with Crippen LogP contribution in [0.3, 0.4) is 0 Å². The maximum atomic E-state index is 11.5. The number of hydrogen-bond donors (Lipinski definition) is 2. The third kappa shape index (κ3) is 2.58. The van der Waals surface area contributed by atoms with Gasteiger partial charge in [0, 0.05) is 11.1 Å². The molecule has 0 aromatic heterocycles. The highest BCUT2D eigenvalue weighted by molar-refractivity contribution is 7.94. The van der Waals surface area contributed by atoms with Crippen LogP contribution in [-0.4, -0.2) is 20.1 Å². The maximum absolute atomic E-state index is 11.5. The standard InChI is InChI=1S/C9H11NO3S/c10-8-2-4-9(5-3-8)14(12,13)7-1-6-11/h1-5,7,11H,6,10H2. The predicted molar refractivity (Wildman–Crippen MR) is 54.3 cm³/mol. The van der Waals surface area contributed by atoms with E-state index in [-0.39, 0.29) is 11.5 Å². The van der Waals surface area contributed by atoms with Crippen LogP contribution in [0.2, 0.25) is 0 Å². The molecule has 0 saturated heterocycles. The van der Waals surface area contributed by atoms with Crippen LogP contribution in [0.4, 0.5) is 5.69 Å². The third-order valence-electron chi connectivity index (χ3n) is 1.59. The van der Waals surface area contributed by atoms with Gasteiger partial charge in [0.25, 0.3) is 0 Å². The molecule has 0 heterocycles. The molecular weight excluding hydrogens is 202 g/mol. The Morgan fingerprint density at radius 2 is 1.86 bits per heavy atom. The lowest BCUT2D eigenvalue weighted by atomic mass is 10.3. The van der Waals surface area contributed by atoms with Crippen molar-refractivity contribution in [3.05, 3.63) is 35.7 Å². The van der Waals surface area contributed by atoms with Crippen molar-refractivity contribution in [1.29, 1.82) is 0 Å². The average Bonchev–Trinajstić information content (AvgIpc) is 2.16. The van der Waals surface area contributed by atoms with Gasteiger partial charge in [0.2, 0.25) is 0 Å². The summed E-state index contributed by atoms with van der Waals surface area (Å²) < 4.78 is 22.9. The summed E-state index contributed by atoms with van der Waals surface area (Å²) in [5, 5.41) is 9.42. The van der Waals surface area contributed by atoms with Gasteiger partial charge in [-0.05, 0) is 30.3 Å². The lowest BCUT2D eigenvalue weighted by molar-refractivity contribution is 0.343. The lowest BCUT2D eigenvalue weighted by Gasteiger charge is -1.98. The minimum Gasteiger partial charge on any atom is -0.399 e. The Labute approximate surface area is 82.6 Å². The van der Waals surface area contributed by atoms with Crippen LogP contribution in [0.5, 0.6) is 0 Å². The topological polar surface area (TPSA) is 80.4 Å². The van der Waals surface area contributed by atoms with E-state index in [1.807, 2.05) is 0 Å². The Bertz CT molecular complexity index is 420. The van der Waals surface area contributed by atoms with Crippen molar-refractivity contribution in [3.63, 3.8) is 0 Å². The first kappa shape index (κ1) is 10.7. The molecule has 0 unspecified atom stereocenters. The van der Waals surface area contributed by atoms with Crippen LogP contribution in [0.15, 0.2) is 40.6 Å². The van der Waals surface area contributed by atoms with Crippen LogP contribution in [0, 0.1) is 0 Å².